The van der Waals surface area contributed by atoms with Gasteiger partial charge in [-0.2, -0.15) is 0 Å². The molecule has 0 amide bonds. The van der Waals surface area contributed by atoms with Crippen molar-refractivity contribution in [3.8, 4) is 0 Å². The van der Waals surface area contributed by atoms with Gasteiger partial charge in [-0.15, -0.1) is 0 Å². The van der Waals surface area contributed by atoms with Crippen molar-refractivity contribution in [1.82, 2.24) is 4.72 Å². The maximum atomic E-state index is 12.1. The quantitative estimate of drug-likeness (QED) is 0.675. The molecule has 1 aromatic carbocycles. The van der Waals surface area contributed by atoms with E-state index >= 15 is 0 Å². The summed E-state index contributed by atoms with van der Waals surface area (Å²) in [4.78, 5) is 0.0897. The number of hydrogen-bond acceptors (Lipinski definition) is 4. The van der Waals surface area contributed by atoms with Crippen LogP contribution in [0.15, 0.2) is 23.1 Å². The molecule has 0 saturated carbocycles. The first-order chi connectivity index (χ1) is 7.92. The lowest BCUT2D eigenvalue weighted by molar-refractivity contribution is 0.254. The van der Waals surface area contributed by atoms with Crippen LogP contribution in [0.5, 0.6) is 0 Å². The molecule has 0 aromatic heterocycles. The van der Waals surface area contributed by atoms with E-state index in [1.807, 2.05) is 0 Å². The molecule has 1 rings (SSSR count). The Hall–Kier alpha value is -1.11. The summed E-state index contributed by atoms with van der Waals surface area (Å²) in [5.41, 5.74) is 6.49. The van der Waals surface area contributed by atoms with Crippen LogP contribution in [0.2, 0.25) is 0 Å². The summed E-state index contributed by atoms with van der Waals surface area (Å²) < 4.78 is 26.6. The Morgan fingerprint density at radius 3 is 2.59 bits per heavy atom. The summed E-state index contributed by atoms with van der Waals surface area (Å²) >= 11 is 0. The second kappa shape index (κ2) is 5.48. The standard InChI is InChI=1S/C11H18N2O3S/c1-3-9(7-14)13-17(15,16)11-8(2)5-4-6-10(11)12/h4-6,9,13-14H,3,7,12H2,1-2H3. The molecule has 0 radical (unpaired) electrons. The Balaban J connectivity index is 3.14. The Morgan fingerprint density at radius 1 is 1.47 bits per heavy atom. The zero-order valence-corrected chi connectivity index (χ0v) is 10.8. The highest BCUT2D eigenvalue weighted by molar-refractivity contribution is 7.89. The zero-order chi connectivity index (χ0) is 13.1. The number of nitrogens with two attached hydrogens (primary N) is 1. The monoisotopic (exact) mass is 258 g/mol. The molecule has 0 spiro atoms. The highest BCUT2D eigenvalue weighted by atomic mass is 32.2. The van der Waals surface area contributed by atoms with E-state index in [0.29, 0.717) is 12.0 Å². The number of sulfonamides is 1. The smallest absolute Gasteiger partial charge is 0.243 e. The van der Waals surface area contributed by atoms with Crippen molar-refractivity contribution in [2.24, 2.45) is 0 Å². The van der Waals surface area contributed by atoms with Gasteiger partial charge in [-0.1, -0.05) is 19.1 Å². The van der Waals surface area contributed by atoms with Gasteiger partial charge in [-0.3, -0.25) is 0 Å². The van der Waals surface area contributed by atoms with Gasteiger partial charge in [-0.25, -0.2) is 13.1 Å². The number of rotatable bonds is 5. The van der Waals surface area contributed by atoms with E-state index in [-0.39, 0.29) is 17.2 Å². The van der Waals surface area contributed by atoms with Gasteiger partial charge in [0, 0.05) is 6.04 Å². The molecule has 0 aliphatic heterocycles. The Labute approximate surface area is 102 Å². The SMILES string of the molecule is CCC(CO)NS(=O)(=O)c1c(C)cccc1N. The summed E-state index contributed by atoms with van der Waals surface area (Å²) in [5.74, 6) is 0. The van der Waals surface area contributed by atoms with Crippen molar-refractivity contribution < 1.29 is 13.5 Å². The Morgan fingerprint density at radius 2 is 2.12 bits per heavy atom. The van der Waals surface area contributed by atoms with Gasteiger partial charge in [-0.05, 0) is 25.0 Å². The fraction of sp³-hybridized carbons (Fsp3) is 0.455. The fourth-order valence-electron chi connectivity index (χ4n) is 1.57. The molecular weight excluding hydrogens is 240 g/mol. The summed E-state index contributed by atoms with van der Waals surface area (Å²) in [7, 11) is -3.68. The molecule has 0 aliphatic rings. The van der Waals surface area contributed by atoms with Gasteiger partial charge in [0.2, 0.25) is 10.0 Å². The zero-order valence-electron chi connectivity index (χ0n) is 9.97. The first-order valence-corrected chi connectivity index (χ1v) is 6.89. The molecule has 0 heterocycles. The molecule has 1 unspecified atom stereocenters. The third kappa shape index (κ3) is 3.18. The minimum atomic E-state index is -3.68. The number of anilines is 1. The van der Waals surface area contributed by atoms with E-state index in [9.17, 15) is 8.42 Å². The highest BCUT2D eigenvalue weighted by Crippen LogP contribution is 2.22. The van der Waals surface area contributed by atoms with Gasteiger partial charge in [0.25, 0.3) is 0 Å². The van der Waals surface area contributed by atoms with Gasteiger partial charge in [0.15, 0.2) is 0 Å². The number of aryl methyl sites for hydroxylation is 1. The lowest BCUT2D eigenvalue weighted by Crippen LogP contribution is -2.37. The van der Waals surface area contributed by atoms with Crippen molar-refractivity contribution in [3.63, 3.8) is 0 Å². The van der Waals surface area contributed by atoms with Gasteiger partial charge >= 0.3 is 0 Å². The summed E-state index contributed by atoms with van der Waals surface area (Å²) in [6.07, 6.45) is 0.515. The highest BCUT2D eigenvalue weighted by Gasteiger charge is 2.22. The number of benzene rings is 1. The second-order valence-electron chi connectivity index (χ2n) is 3.90. The minimum absolute atomic E-state index is 0.0897. The molecule has 1 aromatic rings. The lowest BCUT2D eigenvalue weighted by atomic mass is 10.2. The molecule has 17 heavy (non-hydrogen) atoms. The van der Waals surface area contributed by atoms with Crippen LogP contribution >= 0.6 is 0 Å². The van der Waals surface area contributed by atoms with Crippen molar-refractivity contribution in [1.29, 1.82) is 0 Å². The molecule has 1 atom stereocenters. The molecule has 0 saturated heterocycles. The normalized spacial score (nSPS) is 13.6. The first-order valence-electron chi connectivity index (χ1n) is 5.40. The fourth-order valence-corrected chi connectivity index (χ4v) is 3.24. The van der Waals surface area contributed by atoms with Crippen LogP contribution in [-0.4, -0.2) is 26.2 Å². The molecule has 0 fully saturated rings. The second-order valence-corrected chi connectivity index (χ2v) is 5.55. The van der Waals surface area contributed by atoms with Crippen LogP contribution in [0, 0.1) is 6.92 Å². The predicted octanol–water partition coefficient (Wildman–Crippen LogP) is 0.626. The third-order valence-corrected chi connectivity index (χ3v) is 4.28. The maximum Gasteiger partial charge on any atom is 0.243 e. The van der Waals surface area contributed by atoms with Crippen LogP contribution in [0.3, 0.4) is 0 Å². The van der Waals surface area contributed by atoms with E-state index in [1.165, 1.54) is 0 Å². The third-order valence-electron chi connectivity index (χ3n) is 2.55. The van der Waals surface area contributed by atoms with Crippen LogP contribution in [-0.2, 0) is 10.0 Å². The summed E-state index contributed by atoms with van der Waals surface area (Å²) in [5, 5.41) is 9.02. The summed E-state index contributed by atoms with van der Waals surface area (Å²) in [6, 6.07) is 4.44. The topological polar surface area (TPSA) is 92.4 Å². The molecule has 0 aliphatic carbocycles. The largest absolute Gasteiger partial charge is 0.398 e. The van der Waals surface area contributed by atoms with Crippen LogP contribution in [0.1, 0.15) is 18.9 Å². The van der Waals surface area contributed by atoms with Gasteiger partial charge < -0.3 is 10.8 Å². The predicted molar refractivity (Wildman–Crippen MR) is 67.1 cm³/mol. The molecule has 0 bridgehead atoms. The van der Waals surface area contributed by atoms with Gasteiger partial charge in [0.1, 0.15) is 4.90 Å². The molecule has 4 N–H and O–H groups in total. The van der Waals surface area contributed by atoms with E-state index in [0.717, 1.165) is 0 Å². The van der Waals surface area contributed by atoms with Crippen LogP contribution in [0.4, 0.5) is 5.69 Å². The minimum Gasteiger partial charge on any atom is -0.398 e. The number of nitrogen functional groups attached to an aromatic ring is 1. The maximum absolute atomic E-state index is 12.1. The van der Waals surface area contributed by atoms with Crippen molar-refractivity contribution in [3.05, 3.63) is 23.8 Å². The van der Waals surface area contributed by atoms with Crippen molar-refractivity contribution >= 4 is 15.7 Å². The Kier molecular flexibility index (Phi) is 4.50. The van der Waals surface area contributed by atoms with E-state index in [2.05, 4.69) is 4.72 Å². The number of nitrogens with one attached hydrogen (secondary N) is 1. The lowest BCUT2D eigenvalue weighted by Gasteiger charge is -2.16. The number of aliphatic hydroxyl groups excluding tert-OH is 1. The van der Waals surface area contributed by atoms with Gasteiger partial charge in [0.05, 0.1) is 12.3 Å². The van der Waals surface area contributed by atoms with E-state index < -0.39 is 16.1 Å². The van der Waals surface area contributed by atoms with Crippen molar-refractivity contribution in [2.45, 2.75) is 31.2 Å². The average molecular weight is 258 g/mol. The van der Waals surface area contributed by atoms with E-state index in [4.69, 9.17) is 10.8 Å². The molecule has 5 nitrogen and oxygen atoms in total. The number of hydrogen-bond donors (Lipinski definition) is 3. The number of aliphatic hydroxyl groups is 1. The molecular formula is C11H18N2O3S. The van der Waals surface area contributed by atoms with Crippen LogP contribution < -0.4 is 10.5 Å². The summed E-state index contributed by atoms with van der Waals surface area (Å²) in [6.45, 7) is 3.25. The van der Waals surface area contributed by atoms with E-state index in [1.54, 1.807) is 32.0 Å². The Bertz CT molecular complexity index is 461. The molecule has 6 heteroatoms. The van der Waals surface area contributed by atoms with Crippen LogP contribution in [0.25, 0.3) is 0 Å². The molecule has 96 valence electrons. The first kappa shape index (κ1) is 14.0. The average Bonchev–Trinajstić information content (AvgIpc) is 2.25. The van der Waals surface area contributed by atoms with Crippen molar-refractivity contribution in [2.75, 3.05) is 12.3 Å².